The minimum atomic E-state index is 0.595. The lowest BCUT2D eigenvalue weighted by Crippen LogP contribution is -2.39. The van der Waals surface area contributed by atoms with E-state index in [0.717, 1.165) is 18.1 Å². The van der Waals surface area contributed by atoms with Crippen LogP contribution in [0.1, 0.15) is 45.2 Å². The standard InChI is InChI=1S/C15H26N4/c1-4-15(5-2)6-8-19(9-7-15)12-13-10-18-14(16-3)11-17-13/h10-11H,4-9,12H2,1-3H3,(H,16,18). The lowest BCUT2D eigenvalue weighted by atomic mass is 9.74. The van der Waals surface area contributed by atoms with Crippen molar-refractivity contribution >= 4 is 5.82 Å². The Morgan fingerprint density at radius 2 is 1.84 bits per heavy atom. The van der Waals surface area contributed by atoms with Gasteiger partial charge >= 0.3 is 0 Å². The van der Waals surface area contributed by atoms with Crippen molar-refractivity contribution in [2.75, 3.05) is 25.5 Å². The van der Waals surface area contributed by atoms with Crippen molar-refractivity contribution in [2.24, 2.45) is 5.41 Å². The summed E-state index contributed by atoms with van der Waals surface area (Å²) in [6.45, 7) is 7.98. The molecule has 1 N–H and O–H groups in total. The van der Waals surface area contributed by atoms with Crippen LogP contribution in [0.2, 0.25) is 0 Å². The molecule has 1 fully saturated rings. The van der Waals surface area contributed by atoms with E-state index in [1.54, 1.807) is 0 Å². The number of piperidine rings is 1. The van der Waals surface area contributed by atoms with Gasteiger partial charge < -0.3 is 5.32 Å². The number of hydrogen-bond donors (Lipinski definition) is 1. The number of rotatable bonds is 5. The molecule has 0 radical (unpaired) electrons. The zero-order valence-electron chi connectivity index (χ0n) is 12.4. The highest BCUT2D eigenvalue weighted by Gasteiger charge is 2.31. The predicted octanol–water partition coefficient (Wildman–Crippen LogP) is 2.92. The van der Waals surface area contributed by atoms with E-state index in [1.165, 1.54) is 38.8 Å². The van der Waals surface area contributed by atoms with Crippen molar-refractivity contribution in [1.82, 2.24) is 14.9 Å². The molecule has 1 aliphatic rings. The fourth-order valence-electron chi connectivity index (χ4n) is 2.94. The Morgan fingerprint density at radius 1 is 1.16 bits per heavy atom. The number of hydrogen-bond acceptors (Lipinski definition) is 4. The van der Waals surface area contributed by atoms with Crippen molar-refractivity contribution in [3.05, 3.63) is 18.1 Å². The van der Waals surface area contributed by atoms with Gasteiger partial charge in [0.2, 0.25) is 0 Å². The summed E-state index contributed by atoms with van der Waals surface area (Å²) in [6, 6.07) is 0. The maximum Gasteiger partial charge on any atom is 0.144 e. The maximum absolute atomic E-state index is 4.45. The third kappa shape index (κ3) is 3.44. The van der Waals surface area contributed by atoms with Gasteiger partial charge in [-0.2, -0.15) is 0 Å². The van der Waals surface area contributed by atoms with Crippen LogP contribution in [0.3, 0.4) is 0 Å². The minimum absolute atomic E-state index is 0.595. The van der Waals surface area contributed by atoms with E-state index in [9.17, 15) is 0 Å². The van der Waals surface area contributed by atoms with Crippen LogP contribution in [0.5, 0.6) is 0 Å². The molecule has 1 aliphatic heterocycles. The summed E-state index contributed by atoms with van der Waals surface area (Å²) in [5.74, 6) is 0.832. The first-order chi connectivity index (χ1) is 9.21. The Kier molecular flexibility index (Phi) is 4.75. The van der Waals surface area contributed by atoms with E-state index in [0.29, 0.717) is 5.41 Å². The molecule has 0 amide bonds. The first-order valence-electron chi connectivity index (χ1n) is 7.42. The third-order valence-electron chi connectivity index (χ3n) is 4.76. The molecule has 4 heteroatoms. The smallest absolute Gasteiger partial charge is 0.144 e. The summed E-state index contributed by atoms with van der Waals surface area (Å²) >= 11 is 0. The fraction of sp³-hybridized carbons (Fsp3) is 0.733. The van der Waals surface area contributed by atoms with Gasteiger partial charge in [0.25, 0.3) is 0 Å². The van der Waals surface area contributed by atoms with Gasteiger partial charge in [-0.05, 0) is 31.3 Å². The monoisotopic (exact) mass is 262 g/mol. The summed E-state index contributed by atoms with van der Waals surface area (Å²) < 4.78 is 0. The van der Waals surface area contributed by atoms with Crippen LogP contribution in [-0.4, -0.2) is 35.0 Å². The summed E-state index contributed by atoms with van der Waals surface area (Å²) in [4.78, 5) is 11.3. The summed E-state index contributed by atoms with van der Waals surface area (Å²) in [7, 11) is 1.86. The second kappa shape index (κ2) is 6.33. The lowest BCUT2D eigenvalue weighted by molar-refractivity contribution is 0.0900. The molecule has 0 unspecified atom stereocenters. The highest BCUT2D eigenvalue weighted by atomic mass is 15.1. The molecule has 0 atom stereocenters. The molecular weight excluding hydrogens is 236 g/mol. The topological polar surface area (TPSA) is 41.1 Å². The molecule has 0 bridgehead atoms. The van der Waals surface area contributed by atoms with Crippen molar-refractivity contribution in [2.45, 2.75) is 46.1 Å². The molecule has 19 heavy (non-hydrogen) atoms. The molecule has 106 valence electrons. The fourth-order valence-corrected chi connectivity index (χ4v) is 2.94. The maximum atomic E-state index is 4.45. The van der Waals surface area contributed by atoms with Crippen LogP contribution in [0.15, 0.2) is 12.4 Å². The molecule has 2 heterocycles. The van der Waals surface area contributed by atoms with Gasteiger partial charge in [0, 0.05) is 13.6 Å². The molecule has 1 aromatic heterocycles. The van der Waals surface area contributed by atoms with Crippen molar-refractivity contribution < 1.29 is 0 Å². The molecule has 0 aromatic carbocycles. The van der Waals surface area contributed by atoms with Gasteiger partial charge in [-0.3, -0.25) is 9.88 Å². The minimum Gasteiger partial charge on any atom is -0.372 e. The normalized spacial score (nSPS) is 19.3. The van der Waals surface area contributed by atoms with E-state index >= 15 is 0 Å². The zero-order valence-corrected chi connectivity index (χ0v) is 12.4. The van der Waals surface area contributed by atoms with Crippen molar-refractivity contribution in [3.63, 3.8) is 0 Å². The van der Waals surface area contributed by atoms with Crippen LogP contribution in [0, 0.1) is 5.41 Å². The molecule has 1 aromatic rings. The van der Waals surface area contributed by atoms with Crippen molar-refractivity contribution in [1.29, 1.82) is 0 Å². The summed E-state index contributed by atoms with van der Waals surface area (Å²) in [5.41, 5.74) is 1.66. The number of anilines is 1. The first kappa shape index (κ1) is 14.3. The van der Waals surface area contributed by atoms with E-state index < -0.39 is 0 Å². The molecular formula is C15H26N4. The Bertz CT molecular complexity index is 374. The average Bonchev–Trinajstić information content (AvgIpc) is 2.49. The predicted molar refractivity (Wildman–Crippen MR) is 79.1 cm³/mol. The average molecular weight is 262 g/mol. The lowest BCUT2D eigenvalue weighted by Gasteiger charge is -2.40. The molecule has 2 rings (SSSR count). The number of nitrogens with zero attached hydrogens (tertiary/aromatic N) is 3. The van der Waals surface area contributed by atoms with Crippen LogP contribution < -0.4 is 5.32 Å². The Balaban J connectivity index is 1.88. The Hall–Kier alpha value is -1.16. The molecule has 4 nitrogen and oxygen atoms in total. The Morgan fingerprint density at radius 3 is 2.32 bits per heavy atom. The third-order valence-corrected chi connectivity index (χ3v) is 4.76. The second-order valence-electron chi connectivity index (χ2n) is 5.63. The number of likely N-dealkylation sites (tertiary alicyclic amines) is 1. The van der Waals surface area contributed by atoms with E-state index in [-0.39, 0.29) is 0 Å². The molecule has 0 spiro atoms. The number of aromatic nitrogens is 2. The van der Waals surface area contributed by atoms with Crippen LogP contribution >= 0.6 is 0 Å². The molecule has 0 aliphatic carbocycles. The van der Waals surface area contributed by atoms with Crippen molar-refractivity contribution in [3.8, 4) is 0 Å². The first-order valence-corrected chi connectivity index (χ1v) is 7.42. The summed E-state index contributed by atoms with van der Waals surface area (Å²) in [5, 5.41) is 3.00. The van der Waals surface area contributed by atoms with E-state index in [1.807, 2.05) is 19.4 Å². The Labute approximate surface area is 116 Å². The van der Waals surface area contributed by atoms with Crippen LogP contribution in [-0.2, 0) is 6.54 Å². The van der Waals surface area contributed by atoms with Gasteiger partial charge in [0.15, 0.2) is 0 Å². The largest absolute Gasteiger partial charge is 0.372 e. The van der Waals surface area contributed by atoms with Crippen LogP contribution in [0.25, 0.3) is 0 Å². The summed E-state index contributed by atoms with van der Waals surface area (Å²) in [6.07, 6.45) is 8.96. The highest BCUT2D eigenvalue weighted by Crippen LogP contribution is 2.38. The van der Waals surface area contributed by atoms with Gasteiger partial charge in [0.1, 0.15) is 5.82 Å². The van der Waals surface area contributed by atoms with E-state index in [2.05, 4.69) is 34.0 Å². The van der Waals surface area contributed by atoms with Gasteiger partial charge in [0.05, 0.1) is 18.1 Å². The molecule has 0 saturated carbocycles. The van der Waals surface area contributed by atoms with E-state index in [4.69, 9.17) is 0 Å². The van der Waals surface area contributed by atoms with Crippen LogP contribution in [0.4, 0.5) is 5.82 Å². The SMILES string of the molecule is CCC1(CC)CCN(Cc2cnc(NC)cn2)CC1. The zero-order chi connectivity index (χ0) is 13.7. The number of nitrogens with one attached hydrogen (secondary N) is 1. The van der Waals surface area contributed by atoms with Gasteiger partial charge in [-0.25, -0.2) is 4.98 Å². The second-order valence-corrected chi connectivity index (χ2v) is 5.63. The van der Waals surface area contributed by atoms with Gasteiger partial charge in [-0.15, -0.1) is 0 Å². The highest BCUT2D eigenvalue weighted by molar-refractivity contribution is 5.29. The quantitative estimate of drug-likeness (QED) is 0.886. The van der Waals surface area contributed by atoms with Gasteiger partial charge in [-0.1, -0.05) is 26.7 Å². The molecule has 1 saturated heterocycles.